The van der Waals surface area contributed by atoms with Crippen LogP contribution in [0.5, 0.6) is 0 Å². The number of rotatable bonds is 6. The molecule has 0 bridgehead atoms. The first kappa shape index (κ1) is 20.4. The highest BCUT2D eigenvalue weighted by Gasteiger charge is 2.18. The zero-order valence-electron chi connectivity index (χ0n) is 17.2. The minimum atomic E-state index is -0.471. The SMILES string of the molecule is CCC(C)n1c(=O)c2ccccc2n(CC(=O)Nc2ccc(N(C)C)cc2)c1=O. The van der Waals surface area contributed by atoms with Crippen LogP contribution in [-0.4, -0.2) is 29.1 Å². The molecule has 1 unspecified atom stereocenters. The van der Waals surface area contributed by atoms with Crippen LogP contribution in [0.1, 0.15) is 26.3 Å². The van der Waals surface area contributed by atoms with E-state index in [1.165, 1.54) is 9.13 Å². The van der Waals surface area contributed by atoms with E-state index < -0.39 is 5.69 Å². The third kappa shape index (κ3) is 4.08. The standard InChI is InChI=1S/C22H26N4O3/c1-5-15(2)26-21(28)18-8-6-7-9-19(18)25(22(26)29)14-20(27)23-16-10-12-17(13-11-16)24(3)4/h6-13,15H,5,14H2,1-4H3,(H,23,27). The molecule has 152 valence electrons. The zero-order chi connectivity index (χ0) is 21.1. The summed E-state index contributed by atoms with van der Waals surface area (Å²) in [5.41, 5.74) is 1.33. The van der Waals surface area contributed by atoms with Crippen molar-refractivity contribution in [1.82, 2.24) is 9.13 Å². The number of anilines is 2. The van der Waals surface area contributed by atoms with Gasteiger partial charge >= 0.3 is 5.69 Å². The molecule has 0 radical (unpaired) electrons. The summed E-state index contributed by atoms with van der Waals surface area (Å²) in [5, 5.41) is 3.25. The van der Waals surface area contributed by atoms with Crippen molar-refractivity contribution in [2.45, 2.75) is 32.9 Å². The highest BCUT2D eigenvalue weighted by Crippen LogP contribution is 2.16. The second-order valence-corrected chi connectivity index (χ2v) is 7.31. The zero-order valence-corrected chi connectivity index (χ0v) is 17.2. The summed E-state index contributed by atoms with van der Waals surface area (Å²) < 4.78 is 2.61. The van der Waals surface area contributed by atoms with E-state index in [1.54, 1.807) is 24.3 Å². The summed E-state index contributed by atoms with van der Waals surface area (Å²) in [4.78, 5) is 40.5. The van der Waals surface area contributed by atoms with Crippen LogP contribution in [0.2, 0.25) is 0 Å². The van der Waals surface area contributed by atoms with Crippen molar-refractivity contribution < 1.29 is 4.79 Å². The molecule has 2 aromatic carbocycles. The average molecular weight is 394 g/mol. The maximum absolute atomic E-state index is 13.1. The van der Waals surface area contributed by atoms with Crippen molar-refractivity contribution in [3.8, 4) is 0 Å². The molecule has 0 spiro atoms. The summed E-state index contributed by atoms with van der Waals surface area (Å²) in [6.45, 7) is 3.57. The van der Waals surface area contributed by atoms with E-state index in [1.807, 2.05) is 57.1 Å². The van der Waals surface area contributed by atoms with Gasteiger partial charge in [-0.1, -0.05) is 19.1 Å². The second-order valence-electron chi connectivity index (χ2n) is 7.31. The lowest BCUT2D eigenvalue weighted by Crippen LogP contribution is -2.43. The van der Waals surface area contributed by atoms with Gasteiger partial charge in [-0.25, -0.2) is 4.79 Å². The Morgan fingerprint density at radius 1 is 1.07 bits per heavy atom. The number of hydrogen-bond donors (Lipinski definition) is 1. The number of nitrogens with zero attached hydrogens (tertiary/aromatic N) is 3. The molecule has 7 heteroatoms. The lowest BCUT2D eigenvalue weighted by atomic mass is 10.2. The lowest BCUT2D eigenvalue weighted by Gasteiger charge is -2.17. The van der Waals surface area contributed by atoms with E-state index in [4.69, 9.17) is 0 Å². The van der Waals surface area contributed by atoms with Crippen molar-refractivity contribution in [2.24, 2.45) is 0 Å². The van der Waals surface area contributed by atoms with Gasteiger partial charge in [0.15, 0.2) is 0 Å². The molecule has 3 aromatic rings. The minimum Gasteiger partial charge on any atom is -0.378 e. The number of benzene rings is 2. The van der Waals surface area contributed by atoms with Gasteiger partial charge in [0.2, 0.25) is 5.91 Å². The monoisotopic (exact) mass is 394 g/mol. The first-order valence-corrected chi connectivity index (χ1v) is 9.64. The van der Waals surface area contributed by atoms with E-state index in [0.29, 0.717) is 23.0 Å². The van der Waals surface area contributed by atoms with E-state index in [-0.39, 0.29) is 24.1 Å². The predicted octanol–water partition coefficient (Wildman–Crippen LogP) is 2.84. The maximum Gasteiger partial charge on any atom is 0.332 e. The molecule has 3 rings (SSSR count). The minimum absolute atomic E-state index is 0.175. The lowest BCUT2D eigenvalue weighted by molar-refractivity contribution is -0.116. The molecule has 7 nitrogen and oxygen atoms in total. The summed E-state index contributed by atoms with van der Waals surface area (Å²) in [5.74, 6) is -0.329. The summed E-state index contributed by atoms with van der Waals surface area (Å²) >= 11 is 0. The fourth-order valence-electron chi connectivity index (χ4n) is 3.25. The van der Waals surface area contributed by atoms with Gasteiger partial charge in [0, 0.05) is 31.5 Å². The van der Waals surface area contributed by atoms with Gasteiger partial charge in [0.05, 0.1) is 10.9 Å². The van der Waals surface area contributed by atoms with Crippen molar-refractivity contribution >= 4 is 28.2 Å². The van der Waals surface area contributed by atoms with E-state index in [2.05, 4.69) is 5.32 Å². The molecule has 0 saturated carbocycles. The van der Waals surface area contributed by atoms with Crippen molar-refractivity contribution in [1.29, 1.82) is 0 Å². The number of aromatic nitrogens is 2. The molecule has 1 amide bonds. The molecule has 29 heavy (non-hydrogen) atoms. The van der Waals surface area contributed by atoms with Crippen LogP contribution in [0.15, 0.2) is 58.1 Å². The number of hydrogen-bond acceptors (Lipinski definition) is 4. The summed E-state index contributed by atoms with van der Waals surface area (Å²) in [6, 6.07) is 14.1. The number of nitrogens with one attached hydrogen (secondary N) is 1. The molecular formula is C22H26N4O3. The fourth-order valence-corrected chi connectivity index (χ4v) is 3.25. The second kappa shape index (κ2) is 8.34. The maximum atomic E-state index is 13.1. The predicted molar refractivity (Wildman–Crippen MR) is 117 cm³/mol. The van der Waals surface area contributed by atoms with Crippen molar-refractivity contribution in [3.05, 3.63) is 69.4 Å². The Morgan fingerprint density at radius 2 is 1.72 bits per heavy atom. The van der Waals surface area contributed by atoms with Gasteiger partial charge in [0.1, 0.15) is 6.54 Å². The highest BCUT2D eigenvalue weighted by atomic mass is 16.2. The van der Waals surface area contributed by atoms with Crippen LogP contribution in [0.4, 0.5) is 11.4 Å². The first-order chi connectivity index (χ1) is 13.8. The largest absolute Gasteiger partial charge is 0.378 e. The molecule has 1 atom stereocenters. The van der Waals surface area contributed by atoms with Gasteiger partial charge in [-0.05, 0) is 49.7 Å². The molecular weight excluding hydrogens is 368 g/mol. The van der Waals surface area contributed by atoms with Crippen molar-refractivity contribution in [2.75, 3.05) is 24.3 Å². The molecule has 0 aliphatic rings. The van der Waals surface area contributed by atoms with Gasteiger partial charge < -0.3 is 10.2 Å². The van der Waals surface area contributed by atoms with E-state index in [0.717, 1.165) is 5.69 Å². The fraction of sp³-hybridized carbons (Fsp3) is 0.318. The van der Waals surface area contributed by atoms with Gasteiger partial charge in [0.25, 0.3) is 5.56 Å². The van der Waals surface area contributed by atoms with Crippen LogP contribution >= 0.6 is 0 Å². The number of carbonyl (C=O) groups is 1. The number of para-hydroxylation sites is 1. The Balaban J connectivity index is 1.98. The normalized spacial score (nSPS) is 12.0. The number of amides is 1. The third-order valence-corrected chi connectivity index (χ3v) is 5.08. The Hall–Kier alpha value is -3.35. The highest BCUT2D eigenvalue weighted by molar-refractivity contribution is 5.91. The number of carbonyl (C=O) groups excluding carboxylic acids is 1. The molecule has 0 fully saturated rings. The molecule has 0 saturated heterocycles. The molecule has 1 heterocycles. The summed E-state index contributed by atoms with van der Waals surface area (Å²) in [6.07, 6.45) is 0.637. The van der Waals surface area contributed by atoms with Crippen LogP contribution in [0, 0.1) is 0 Å². The Morgan fingerprint density at radius 3 is 2.34 bits per heavy atom. The Bertz CT molecular complexity index is 1140. The quantitative estimate of drug-likeness (QED) is 0.698. The molecule has 0 aliphatic heterocycles. The molecule has 1 N–H and O–H groups in total. The van der Waals surface area contributed by atoms with Gasteiger partial charge in [-0.15, -0.1) is 0 Å². The molecule has 1 aromatic heterocycles. The van der Waals surface area contributed by atoms with Crippen LogP contribution in [0.3, 0.4) is 0 Å². The Labute approximate surface area is 169 Å². The van der Waals surface area contributed by atoms with Crippen LogP contribution in [0.25, 0.3) is 10.9 Å². The first-order valence-electron chi connectivity index (χ1n) is 9.64. The van der Waals surface area contributed by atoms with Crippen LogP contribution < -0.4 is 21.5 Å². The van der Waals surface area contributed by atoms with Gasteiger partial charge in [-0.2, -0.15) is 0 Å². The average Bonchev–Trinajstić information content (AvgIpc) is 2.71. The van der Waals surface area contributed by atoms with Gasteiger partial charge in [-0.3, -0.25) is 18.7 Å². The van der Waals surface area contributed by atoms with Crippen LogP contribution in [-0.2, 0) is 11.3 Å². The van der Waals surface area contributed by atoms with Crippen molar-refractivity contribution in [3.63, 3.8) is 0 Å². The number of fused-ring (bicyclic) bond motifs is 1. The van der Waals surface area contributed by atoms with E-state index >= 15 is 0 Å². The Kier molecular flexibility index (Phi) is 5.87. The van der Waals surface area contributed by atoms with E-state index in [9.17, 15) is 14.4 Å². The summed E-state index contributed by atoms with van der Waals surface area (Å²) in [7, 11) is 3.88. The third-order valence-electron chi connectivity index (χ3n) is 5.08. The molecule has 0 aliphatic carbocycles. The topological polar surface area (TPSA) is 76.3 Å². The smallest absolute Gasteiger partial charge is 0.332 e.